The smallest absolute Gasteiger partial charge is 0.388 e. The van der Waals surface area contributed by atoms with Crippen molar-refractivity contribution < 1.29 is 31.4 Å². The summed E-state index contributed by atoms with van der Waals surface area (Å²) in [5.41, 5.74) is -1.46. The number of fused-ring (bicyclic) bond motifs is 3. The maximum atomic E-state index is 13.3. The lowest BCUT2D eigenvalue weighted by molar-refractivity contribution is -0.138. The molecule has 0 radical (unpaired) electrons. The summed E-state index contributed by atoms with van der Waals surface area (Å²) in [4.78, 5) is 0. The second-order valence-corrected chi connectivity index (χ2v) is 8.06. The van der Waals surface area contributed by atoms with Crippen LogP contribution in [0.5, 0.6) is 0 Å². The zero-order valence-corrected chi connectivity index (χ0v) is 16.4. The van der Waals surface area contributed by atoms with E-state index in [9.17, 15) is 31.4 Å². The Bertz CT molecular complexity index is 1100. The summed E-state index contributed by atoms with van der Waals surface area (Å²) >= 11 is 0. The molecule has 1 heterocycles. The van der Waals surface area contributed by atoms with E-state index in [1.807, 2.05) is 0 Å². The molecule has 1 aliphatic rings. The fourth-order valence-electron chi connectivity index (χ4n) is 4.33. The largest absolute Gasteiger partial charge is 0.416 e. The highest BCUT2D eigenvalue weighted by atomic mass is 19.4. The van der Waals surface area contributed by atoms with E-state index in [4.69, 9.17) is 0 Å². The van der Waals surface area contributed by atoms with E-state index in [1.54, 1.807) is 6.07 Å². The molecule has 3 aromatic carbocycles. The van der Waals surface area contributed by atoms with Gasteiger partial charge < -0.3 is 10.4 Å². The van der Waals surface area contributed by atoms with Crippen molar-refractivity contribution in [2.45, 2.75) is 50.2 Å². The first-order chi connectivity index (χ1) is 14.5. The topological polar surface area (TPSA) is 32.3 Å². The van der Waals surface area contributed by atoms with Crippen LogP contribution in [-0.2, 0) is 12.4 Å². The van der Waals surface area contributed by atoms with Gasteiger partial charge >= 0.3 is 12.4 Å². The predicted molar refractivity (Wildman–Crippen MR) is 107 cm³/mol. The van der Waals surface area contributed by atoms with Gasteiger partial charge in [0.15, 0.2) is 0 Å². The summed E-state index contributed by atoms with van der Waals surface area (Å²) in [5.74, 6) is 0. The van der Waals surface area contributed by atoms with Crippen LogP contribution in [0.1, 0.15) is 48.5 Å². The number of benzene rings is 3. The number of halogens is 6. The molecule has 2 nitrogen and oxygen atoms in total. The zero-order chi connectivity index (χ0) is 22.4. The van der Waals surface area contributed by atoms with Crippen molar-refractivity contribution in [2.24, 2.45) is 0 Å². The number of nitrogens with one attached hydrogen (secondary N) is 1. The van der Waals surface area contributed by atoms with Crippen LogP contribution in [0.25, 0.3) is 21.5 Å². The molecule has 0 aliphatic carbocycles. The minimum atomic E-state index is -4.64. The van der Waals surface area contributed by atoms with E-state index in [0.29, 0.717) is 22.8 Å². The molecular weight excluding hydrogens is 420 g/mol. The fraction of sp³-hybridized carbons (Fsp3) is 0.391. The van der Waals surface area contributed by atoms with Gasteiger partial charge in [0.25, 0.3) is 0 Å². The second-order valence-electron chi connectivity index (χ2n) is 8.06. The van der Waals surface area contributed by atoms with Crippen LogP contribution >= 0.6 is 0 Å². The van der Waals surface area contributed by atoms with Gasteiger partial charge in [0.1, 0.15) is 0 Å². The Kier molecular flexibility index (Phi) is 5.64. The lowest BCUT2D eigenvalue weighted by Crippen LogP contribution is -2.35. The first-order valence-corrected chi connectivity index (χ1v) is 10.1. The first-order valence-electron chi connectivity index (χ1n) is 10.1. The summed E-state index contributed by atoms with van der Waals surface area (Å²) in [6.07, 6.45) is -6.87. The molecule has 0 spiro atoms. The van der Waals surface area contributed by atoms with E-state index >= 15 is 0 Å². The molecule has 0 aromatic heterocycles. The molecule has 2 unspecified atom stereocenters. The van der Waals surface area contributed by atoms with E-state index in [0.717, 1.165) is 50.1 Å². The maximum Gasteiger partial charge on any atom is 0.416 e. The normalized spacial score (nSPS) is 19.1. The number of rotatable bonds is 3. The number of piperidine rings is 1. The highest BCUT2D eigenvalue weighted by Crippen LogP contribution is 2.40. The van der Waals surface area contributed by atoms with Gasteiger partial charge in [0.05, 0.1) is 17.2 Å². The van der Waals surface area contributed by atoms with Crippen molar-refractivity contribution in [1.29, 1.82) is 0 Å². The van der Waals surface area contributed by atoms with Crippen LogP contribution in [0.4, 0.5) is 26.3 Å². The molecule has 1 fully saturated rings. The summed E-state index contributed by atoms with van der Waals surface area (Å²) in [6, 6.07) is 7.69. The van der Waals surface area contributed by atoms with Gasteiger partial charge in [0, 0.05) is 6.04 Å². The van der Waals surface area contributed by atoms with Crippen LogP contribution < -0.4 is 5.32 Å². The summed E-state index contributed by atoms with van der Waals surface area (Å²) in [5, 5.41) is 15.0. The molecular formula is C23H21F6NO. The van der Waals surface area contributed by atoms with Crippen LogP contribution in [0, 0.1) is 0 Å². The molecule has 0 bridgehead atoms. The van der Waals surface area contributed by atoms with Crippen LogP contribution in [0.3, 0.4) is 0 Å². The van der Waals surface area contributed by atoms with Gasteiger partial charge in [-0.2, -0.15) is 26.3 Å². The zero-order valence-electron chi connectivity index (χ0n) is 16.4. The minimum absolute atomic E-state index is 0.0454. The third kappa shape index (κ3) is 4.50. The monoisotopic (exact) mass is 441 g/mol. The third-order valence-electron chi connectivity index (χ3n) is 5.92. The number of hydrogen-bond acceptors (Lipinski definition) is 2. The van der Waals surface area contributed by atoms with Gasteiger partial charge in [-0.15, -0.1) is 0 Å². The molecule has 1 saturated heterocycles. The molecule has 166 valence electrons. The summed E-state index contributed by atoms with van der Waals surface area (Å²) in [6.45, 7) is 0.838. The van der Waals surface area contributed by atoms with Crippen molar-refractivity contribution in [3.63, 3.8) is 0 Å². The van der Waals surface area contributed by atoms with Gasteiger partial charge in [-0.3, -0.25) is 0 Å². The molecule has 31 heavy (non-hydrogen) atoms. The van der Waals surface area contributed by atoms with Crippen molar-refractivity contribution >= 4 is 21.5 Å². The Morgan fingerprint density at radius 3 is 2.10 bits per heavy atom. The Morgan fingerprint density at radius 1 is 0.839 bits per heavy atom. The number of aliphatic hydroxyl groups excluding tert-OH is 1. The van der Waals surface area contributed by atoms with Crippen molar-refractivity contribution in [3.05, 3.63) is 59.2 Å². The third-order valence-corrected chi connectivity index (χ3v) is 5.92. The van der Waals surface area contributed by atoms with Crippen LogP contribution in [0.15, 0.2) is 42.5 Å². The SMILES string of the molecule is OC(CC1CCCCN1)c1cc2ccc(C(F)(F)F)cc2c2cc(C(F)(F)F)ccc12. The van der Waals surface area contributed by atoms with E-state index in [2.05, 4.69) is 5.32 Å². The highest BCUT2D eigenvalue weighted by molar-refractivity contribution is 6.09. The molecule has 0 saturated carbocycles. The Labute approximate surface area is 174 Å². The average molecular weight is 441 g/mol. The quantitative estimate of drug-likeness (QED) is 0.355. The van der Waals surface area contributed by atoms with Gasteiger partial charge in [-0.25, -0.2) is 0 Å². The van der Waals surface area contributed by atoms with Gasteiger partial charge in [0.2, 0.25) is 0 Å². The van der Waals surface area contributed by atoms with Crippen molar-refractivity contribution in [3.8, 4) is 0 Å². The minimum Gasteiger partial charge on any atom is -0.388 e. The van der Waals surface area contributed by atoms with Crippen molar-refractivity contribution in [1.82, 2.24) is 5.32 Å². The van der Waals surface area contributed by atoms with Crippen molar-refractivity contribution in [2.75, 3.05) is 6.54 Å². The van der Waals surface area contributed by atoms with E-state index < -0.39 is 29.6 Å². The fourth-order valence-corrected chi connectivity index (χ4v) is 4.33. The lowest BCUT2D eigenvalue weighted by atomic mass is 9.89. The Hall–Kier alpha value is -2.32. The standard InChI is InChI=1S/C23H21F6NO/c24-22(25,26)14-5-4-13-9-20(21(31)12-16-3-1-2-8-30-16)17-7-6-15(23(27,28)29)11-19(17)18(13)10-14/h4-7,9-11,16,21,30-31H,1-3,8,12H2. The number of aliphatic hydroxyl groups is 1. The van der Waals surface area contributed by atoms with Crippen LogP contribution in [-0.4, -0.2) is 17.7 Å². The first kappa shape index (κ1) is 21.9. The molecule has 4 rings (SSSR count). The van der Waals surface area contributed by atoms with E-state index in [1.165, 1.54) is 12.1 Å². The Balaban J connectivity index is 1.89. The Morgan fingerprint density at radius 2 is 1.48 bits per heavy atom. The van der Waals surface area contributed by atoms with E-state index in [-0.39, 0.29) is 16.8 Å². The second kappa shape index (κ2) is 7.98. The molecule has 2 N–H and O–H groups in total. The summed E-state index contributed by atoms with van der Waals surface area (Å²) < 4.78 is 79.6. The van der Waals surface area contributed by atoms with Gasteiger partial charge in [-0.05, 0) is 83.2 Å². The molecule has 0 amide bonds. The molecule has 2 atom stereocenters. The highest BCUT2D eigenvalue weighted by Gasteiger charge is 2.33. The average Bonchev–Trinajstić information content (AvgIpc) is 2.71. The van der Waals surface area contributed by atoms with Crippen LogP contribution in [0.2, 0.25) is 0 Å². The molecule has 3 aromatic rings. The molecule has 1 aliphatic heterocycles. The van der Waals surface area contributed by atoms with Gasteiger partial charge in [-0.1, -0.05) is 18.6 Å². The molecule has 8 heteroatoms. The lowest BCUT2D eigenvalue weighted by Gasteiger charge is -2.26. The maximum absolute atomic E-state index is 13.3. The number of hydrogen-bond donors (Lipinski definition) is 2. The predicted octanol–water partition coefficient (Wildman–Crippen LogP) is 6.60. The summed E-state index contributed by atoms with van der Waals surface area (Å²) in [7, 11) is 0. The number of alkyl halides is 6.